The molecule has 2 heterocycles. The van der Waals surface area contributed by atoms with Gasteiger partial charge in [-0.15, -0.1) is 0 Å². The van der Waals surface area contributed by atoms with E-state index in [-0.39, 0.29) is 0 Å². The standard InChI is InChI=1S/C11H12ClN5S/c1-2-14-11(18)15-9-7-17(16-10(9)12)8-4-3-5-13-6-8/h3-7H,2H2,1H3,(H2,14,15,18). The number of rotatable bonds is 3. The lowest BCUT2D eigenvalue weighted by atomic mass is 10.4. The first-order valence-electron chi connectivity index (χ1n) is 5.41. The van der Waals surface area contributed by atoms with Gasteiger partial charge in [0.15, 0.2) is 10.3 Å². The Bertz CT molecular complexity index is 540. The molecule has 0 aliphatic heterocycles. The van der Waals surface area contributed by atoms with E-state index in [1.807, 2.05) is 19.1 Å². The maximum atomic E-state index is 6.04. The predicted molar refractivity (Wildman–Crippen MR) is 76.3 cm³/mol. The summed E-state index contributed by atoms with van der Waals surface area (Å²) in [6.07, 6.45) is 5.17. The molecule has 0 fully saturated rings. The lowest BCUT2D eigenvalue weighted by Crippen LogP contribution is -2.27. The Balaban J connectivity index is 2.20. The van der Waals surface area contributed by atoms with Crippen molar-refractivity contribution in [2.75, 3.05) is 11.9 Å². The lowest BCUT2D eigenvalue weighted by Gasteiger charge is -2.06. The fourth-order valence-electron chi connectivity index (χ4n) is 1.39. The third-order valence-electron chi connectivity index (χ3n) is 2.17. The number of hydrogen-bond donors (Lipinski definition) is 2. The molecule has 0 bridgehead atoms. The van der Waals surface area contributed by atoms with Crippen molar-refractivity contribution < 1.29 is 0 Å². The van der Waals surface area contributed by atoms with E-state index in [9.17, 15) is 0 Å². The number of hydrogen-bond acceptors (Lipinski definition) is 3. The van der Waals surface area contributed by atoms with Crippen LogP contribution >= 0.6 is 23.8 Å². The summed E-state index contributed by atoms with van der Waals surface area (Å²) < 4.78 is 1.65. The minimum Gasteiger partial charge on any atom is -0.363 e. The van der Waals surface area contributed by atoms with Crippen molar-refractivity contribution >= 4 is 34.6 Å². The number of halogens is 1. The van der Waals surface area contributed by atoms with Gasteiger partial charge in [0.2, 0.25) is 0 Å². The van der Waals surface area contributed by atoms with Gasteiger partial charge < -0.3 is 10.6 Å². The van der Waals surface area contributed by atoms with Crippen LogP contribution in [0.2, 0.25) is 5.15 Å². The van der Waals surface area contributed by atoms with Crippen LogP contribution in [0.3, 0.4) is 0 Å². The van der Waals surface area contributed by atoms with Crippen molar-refractivity contribution in [1.82, 2.24) is 20.1 Å². The van der Waals surface area contributed by atoms with Gasteiger partial charge >= 0.3 is 0 Å². The fourth-order valence-corrected chi connectivity index (χ4v) is 1.82. The minimum absolute atomic E-state index is 0.360. The fraction of sp³-hybridized carbons (Fsp3) is 0.182. The summed E-state index contributed by atoms with van der Waals surface area (Å²) in [5.41, 5.74) is 1.49. The van der Waals surface area contributed by atoms with Crippen LogP contribution in [-0.2, 0) is 0 Å². The van der Waals surface area contributed by atoms with E-state index in [0.717, 1.165) is 12.2 Å². The number of anilines is 1. The van der Waals surface area contributed by atoms with Crippen molar-refractivity contribution in [2.24, 2.45) is 0 Å². The first-order valence-corrected chi connectivity index (χ1v) is 6.19. The molecule has 0 unspecified atom stereocenters. The maximum Gasteiger partial charge on any atom is 0.175 e. The van der Waals surface area contributed by atoms with Gasteiger partial charge in [0.25, 0.3) is 0 Å². The molecule has 0 amide bonds. The van der Waals surface area contributed by atoms with Gasteiger partial charge in [-0.2, -0.15) is 5.10 Å². The molecule has 2 aromatic rings. The zero-order valence-corrected chi connectivity index (χ0v) is 11.3. The molecule has 0 spiro atoms. The van der Waals surface area contributed by atoms with Gasteiger partial charge in [0.05, 0.1) is 23.8 Å². The molecule has 7 heteroatoms. The molecule has 2 rings (SSSR count). The highest BCUT2D eigenvalue weighted by molar-refractivity contribution is 7.80. The van der Waals surface area contributed by atoms with Crippen LogP contribution in [0.25, 0.3) is 5.69 Å². The van der Waals surface area contributed by atoms with Gasteiger partial charge in [-0.3, -0.25) is 4.98 Å². The topological polar surface area (TPSA) is 54.8 Å². The van der Waals surface area contributed by atoms with Crippen molar-refractivity contribution in [1.29, 1.82) is 0 Å². The van der Waals surface area contributed by atoms with Crippen molar-refractivity contribution in [3.8, 4) is 5.69 Å². The Morgan fingerprint density at radius 3 is 3.06 bits per heavy atom. The van der Waals surface area contributed by atoms with Gasteiger partial charge in [0.1, 0.15) is 0 Å². The molecule has 0 atom stereocenters. The molecule has 0 aliphatic rings. The third-order valence-corrected chi connectivity index (χ3v) is 2.69. The van der Waals surface area contributed by atoms with E-state index < -0.39 is 0 Å². The smallest absolute Gasteiger partial charge is 0.175 e. The van der Waals surface area contributed by atoms with Crippen LogP contribution in [0, 0.1) is 0 Å². The lowest BCUT2D eigenvalue weighted by molar-refractivity contribution is 0.874. The molecule has 0 saturated carbocycles. The zero-order chi connectivity index (χ0) is 13.0. The third kappa shape index (κ3) is 2.96. The van der Waals surface area contributed by atoms with E-state index in [2.05, 4.69) is 20.7 Å². The highest BCUT2D eigenvalue weighted by Crippen LogP contribution is 2.21. The Kier molecular flexibility index (Phi) is 4.11. The Morgan fingerprint density at radius 1 is 1.56 bits per heavy atom. The summed E-state index contributed by atoms with van der Waals surface area (Å²) in [5, 5.41) is 11.0. The monoisotopic (exact) mass is 281 g/mol. The first kappa shape index (κ1) is 12.8. The Labute approximate surface area is 115 Å². The van der Waals surface area contributed by atoms with Gasteiger partial charge in [-0.05, 0) is 31.3 Å². The van der Waals surface area contributed by atoms with Crippen molar-refractivity contribution in [3.05, 3.63) is 35.9 Å². The number of aromatic nitrogens is 3. The van der Waals surface area contributed by atoms with Crippen LogP contribution in [0.4, 0.5) is 5.69 Å². The molecule has 18 heavy (non-hydrogen) atoms. The first-order chi connectivity index (χ1) is 8.70. The molecular weight excluding hydrogens is 270 g/mol. The van der Waals surface area contributed by atoms with Crippen LogP contribution in [0.15, 0.2) is 30.7 Å². The van der Waals surface area contributed by atoms with Crippen molar-refractivity contribution in [2.45, 2.75) is 6.92 Å². The molecule has 0 aromatic carbocycles. The average Bonchev–Trinajstić information content (AvgIpc) is 2.72. The number of thiocarbonyl (C=S) groups is 1. The van der Waals surface area contributed by atoms with Crippen LogP contribution in [0.1, 0.15) is 6.92 Å². The van der Waals surface area contributed by atoms with E-state index in [1.165, 1.54) is 0 Å². The summed E-state index contributed by atoms with van der Waals surface area (Å²) >= 11 is 11.1. The number of nitrogens with zero attached hydrogens (tertiary/aromatic N) is 3. The molecule has 5 nitrogen and oxygen atoms in total. The van der Waals surface area contributed by atoms with E-state index in [4.69, 9.17) is 23.8 Å². The molecule has 0 radical (unpaired) electrons. The summed E-state index contributed by atoms with van der Waals surface area (Å²) in [6.45, 7) is 2.72. The molecule has 0 aliphatic carbocycles. The zero-order valence-electron chi connectivity index (χ0n) is 9.72. The minimum atomic E-state index is 0.360. The highest BCUT2D eigenvalue weighted by atomic mass is 35.5. The second-order valence-corrected chi connectivity index (χ2v) is 4.24. The highest BCUT2D eigenvalue weighted by Gasteiger charge is 2.09. The molecule has 0 saturated heterocycles. The van der Waals surface area contributed by atoms with Gasteiger partial charge in [0, 0.05) is 12.7 Å². The summed E-state index contributed by atoms with van der Waals surface area (Å²) in [7, 11) is 0. The summed E-state index contributed by atoms with van der Waals surface area (Å²) in [6, 6.07) is 3.73. The predicted octanol–water partition coefficient (Wildman–Crippen LogP) is 2.23. The number of pyridine rings is 1. The molecule has 2 aromatic heterocycles. The largest absolute Gasteiger partial charge is 0.363 e. The normalized spacial score (nSPS) is 10.1. The van der Waals surface area contributed by atoms with Crippen molar-refractivity contribution in [3.63, 3.8) is 0 Å². The summed E-state index contributed by atoms with van der Waals surface area (Å²) in [4.78, 5) is 4.03. The molecular formula is C11H12ClN5S. The van der Waals surface area contributed by atoms with E-state index in [1.54, 1.807) is 23.3 Å². The van der Waals surface area contributed by atoms with E-state index >= 15 is 0 Å². The molecule has 2 N–H and O–H groups in total. The van der Waals surface area contributed by atoms with E-state index in [0.29, 0.717) is 16.0 Å². The van der Waals surface area contributed by atoms with Crippen LogP contribution in [0.5, 0.6) is 0 Å². The Hall–Kier alpha value is -1.66. The van der Waals surface area contributed by atoms with Crippen LogP contribution < -0.4 is 10.6 Å². The van der Waals surface area contributed by atoms with Crippen LogP contribution in [-0.4, -0.2) is 26.4 Å². The SMILES string of the molecule is CCNC(=S)Nc1cn(-c2cccnc2)nc1Cl. The van der Waals surface area contributed by atoms with Gasteiger partial charge in [-0.25, -0.2) is 4.68 Å². The second kappa shape index (κ2) is 5.79. The quantitative estimate of drug-likeness (QED) is 0.845. The second-order valence-electron chi connectivity index (χ2n) is 3.47. The van der Waals surface area contributed by atoms with Gasteiger partial charge in [-0.1, -0.05) is 11.6 Å². The maximum absolute atomic E-state index is 6.04. The summed E-state index contributed by atoms with van der Waals surface area (Å²) in [5.74, 6) is 0. The molecule has 94 valence electrons. The Morgan fingerprint density at radius 2 is 2.39 bits per heavy atom. The average molecular weight is 282 g/mol. The number of nitrogens with one attached hydrogen (secondary N) is 2.